The number of carbonyl (C=O) groups is 1. The molecule has 0 aromatic heterocycles. The van der Waals surface area contributed by atoms with E-state index in [2.05, 4.69) is 38.0 Å². The Morgan fingerprint density at radius 1 is 1.26 bits per heavy atom. The van der Waals surface area contributed by atoms with E-state index in [1.165, 1.54) is 12.8 Å². The number of hydrogen-bond acceptors (Lipinski definition) is 3. The predicted octanol–water partition coefficient (Wildman–Crippen LogP) is 2.26. The highest BCUT2D eigenvalue weighted by Gasteiger charge is 2.39. The van der Waals surface area contributed by atoms with Crippen molar-refractivity contribution in [1.29, 1.82) is 0 Å². The molecule has 1 saturated heterocycles. The lowest BCUT2D eigenvalue weighted by atomic mass is 10.1. The minimum Gasteiger partial charge on any atom is -0.297 e. The second-order valence-corrected chi connectivity index (χ2v) is 6.28. The highest BCUT2D eigenvalue weighted by Crippen LogP contribution is 2.35. The van der Waals surface area contributed by atoms with Crippen molar-refractivity contribution in [2.24, 2.45) is 5.92 Å². The van der Waals surface area contributed by atoms with Gasteiger partial charge in [-0.15, -0.1) is 0 Å². The third kappa shape index (κ3) is 4.18. The fourth-order valence-electron chi connectivity index (χ4n) is 2.77. The average Bonchev–Trinajstić information content (AvgIpc) is 3.09. The minimum absolute atomic E-state index is 0. The molecule has 1 heterocycles. The van der Waals surface area contributed by atoms with Crippen LogP contribution in [0.2, 0.25) is 0 Å². The molecule has 1 atom stereocenters. The molecule has 1 unspecified atom stereocenters. The molecule has 1 saturated carbocycles. The molecule has 1 amide bonds. The molecule has 4 heteroatoms. The monoisotopic (exact) mass is 269 g/mol. The van der Waals surface area contributed by atoms with Crippen molar-refractivity contribution in [3.8, 4) is 0 Å². The number of hydrazine groups is 1. The molecule has 112 valence electrons. The number of nitrogens with zero attached hydrogens (tertiary/aromatic N) is 2. The first-order valence-corrected chi connectivity index (χ1v) is 7.32. The Morgan fingerprint density at radius 2 is 1.84 bits per heavy atom. The zero-order chi connectivity index (χ0) is 13.3. The summed E-state index contributed by atoms with van der Waals surface area (Å²) in [5, 5.41) is 1.80. The van der Waals surface area contributed by atoms with Gasteiger partial charge >= 0.3 is 0 Å². The molecule has 2 fully saturated rings. The van der Waals surface area contributed by atoms with Crippen LogP contribution in [0.4, 0.5) is 0 Å². The first-order chi connectivity index (χ1) is 8.49. The molecule has 4 nitrogen and oxygen atoms in total. The van der Waals surface area contributed by atoms with Gasteiger partial charge in [0.2, 0.25) is 0 Å². The van der Waals surface area contributed by atoms with Crippen LogP contribution in [0.1, 0.15) is 54.4 Å². The Morgan fingerprint density at radius 3 is 2.26 bits per heavy atom. The number of amides is 1. The molecule has 1 aliphatic heterocycles. The molecule has 0 radical (unpaired) electrons. The third-order valence-electron chi connectivity index (χ3n) is 4.05. The van der Waals surface area contributed by atoms with E-state index in [1.807, 2.05) is 0 Å². The van der Waals surface area contributed by atoms with E-state index < -0.39 is 0 Å². The molecule has 0 spiro atoms. The number of hydrogen-bond donors (Lipinski definition) is 1. The van der Waals surface area contributed by atoms with E-state index in [1.54, 1.807) is 5.01 Å². The van der Waals surface area contributed by atoms with Crippen molar-refractivity contribution < 1.29 is 4.79 Å². The Labute approximate surface area is 118 Å². The summed E-state index contributed by atoms with van der Waals surface area (Å²) in [6.07, 6.45) is 3.69. The first kappa shape index (κ1) is 16.4. The Hall–Kier alpha value is -0.610. The lowest BCUT2D eigenvalue weighted by Crippen LogP contribution is -2.67. The fourth-order valence-corrected chi connectivity index (χ4v) is 2.77. The van der Waals surface area contributed by atoms with E-state index in [0.29, 0.717) is 18.0 Å². The fraction of sp³-hybridized carbons (Fsp3) is 0.933. The van der Waals surface area contributed by atoms with Crippen LogP contribution >= 0.6 is 0 Å². The van der Waals surface area contributed by atoms with Gasteiger partial charge in [0.1, 0.15) is 6.04 Å². The van der Waals surface area contributed by atoms with Crippen LogP contribution in [0.15, 0.2) is 0 Å². The Balaban J connectivity index is 0.00000180. The summed E-state index contributed by atoms with van der Waals surface area (Å²) in [7, 11) is 0. The Bertz CT molecular complexity index is 292. The zero-order valence-corrected chi connectivity index (χ0v) is 12.1. The normalized spacial score (nSPS) is 23.0. The van der Waals surface area contributed by atoms with Crippen LogP contribution in [0.25, 0.3) is 0 Å². The van der Waals surface area contributed by atoms with Gasteiger partial charge in [0.25, 0.3) is 5.91 Å². The SMILES string of the molecule is C.CC(C)N(CCN1NC(CC2CC2)C1=O)C(C)C. The molecule has 1 N–H and O–H groups in total. The number of carbonyl (C=O) groups excluding carboxylic acids is 1. The molecular formula is C15H31N3O. The van der Waals surface area contributed by atoms with E-state index in [0.717, 1.165) is 25.4 Å². The van der Waals surface area contributed by atoms with E-state index in [9.17, 15) is 4.79 Å². The summed E-state index contributed by atoms with van der Waals surface area (Å²) in [6, 6.07) is 1.18. The van der Waals surface area contributed by atoms with Gasteiger partial charge in [-0.1, -0.05) is 20.3 Å². The van der Waals surface area contributed by atoms with Crippen LogP contribution in [0.3, 0.4) is 0 Å². The quantitative estimate of drug-likeness (QED) is 0.770. The highest BCUT2D eigenvalue weighted by molar-refractivity contribution is 5.86. The second kappa shape index (κ2) is 6.71. The second-order valence-electron chi connectivity index (χ2n) is 6.28. The van der Waals surface area contributed by atoms with Gasteiger partial charge in [0.15, 0.2) is 0 Å². The maximum absolute atomic E-state index is 11.9. The van der Waals surface area contributed by atoms with Gasteiger partial charge in [-0.05, 0) is 40.0 Å². The summed E-state index contributed by atoms with van der Waals surface area (Å²) in [6.45, 7) is 10.6. The van der Waals surface area contributed by atoms with Crippen molar-refractivity contribution in [3.63, 3.8) is 0 Å². The lowest BCUT2D eigenvalue weighted by Gasteiger charge is -2.41. The van der Waals surface area contributed by atoms with Crippen LogP contribution in [-0.2, 0) is 4.79 Å². The molecule has 0 aromatic rings. The molecule has 0 aromatic carbocycles. The predicted molar refractivity (Wildman–Crippen MR) is 79.7 cm³/mol. The summed E-state index contributed by atoms with van der Waals surface area (Å²) < 4.78 is 0. The summed E-state index contributed by atoms with van der Waals surface area (Å²) in [5.41, 5.74) is 3.29. The Kier molecular flexibility index (Phi) is 5.81. The highest BCUT2D eigenvalue weighted by atomic mass is 16.2. The van der Waals surface area contributed by atoms with E-state index >= 15 is 0 Å². The van der Waals surface area contributed by atoms with Crippen molar-refractivity contribution in [3.05, 3.63) is 0 Å². The molecular weight excluding hydrogens is 238 g/mol. The molecule has 19 heavy (non-hydrogen) atoms. The largest absolute Gasteiger partial charge is 0.297 e. The van der Waals surface area contributed by atoms with Gasteiger partial charge in [-0.2, -0.15) is 0 Å². The molecule has 2 aliphatic rings. The lowest BCUT2D eigenvalue weighted by molar-refractivity contribution is -0.153. The molecule has 1 aliphatic carbocycles. The van der Waals surface area contributed by atoms with E-state index in [4.69, 9.17) is 0 Å². The third-order valence-corrected chi connectivity index (χ3v) is 4.05. The van der Waals surface area contributed by atoms with Gasteiger partial charge < -0.3 is 0 Å². The van der Waals surface area contributed by atoms with Crippen molar-refractivity contribution >= 4 is 5.91 Å². The van der Waals surface area contributed by atoms with Crippen LogP contribution in [-0.4, -0.2) is 47.0 Å². The average molecular weight is 269 g/mol. The van der Waals surface area contributed by atoms with Gasteiger partial charge in [0, 0.05) is 18.6 Å². The van der Waals surface area contributed by atoms with Crippen LogP contribution in [0.5, 0.6) is 0 Å². The van der Waals surface area contributed by atoms with Crippen molar-refractivity contribution in [1.82, 2.24) is 15.3 Å². The molecule has 2 rings (SSSR count). The van der Waals surface area contributed by atoms with Gasteiger partial charge in [-0.25, -0.2) is 5.43 Å². The van der Waals surface area contributed by atoms with Crippen LogP contribution < -0.4 is 5.43 Å². The number of rotatable bonds is 7. The maximum atomic E-state index is 11.9. The topological polar surface area (TPSA) is 35.6 Å². The van der Waals surface area contributed by atoms with Crippen molar-refractivity contribution in [2.45, 2.75) is 72.5 Å². The van der Waals surface area contributed by atoms with Crippen LogP contribution in [0, 0.1) is 5.92 Å². The minimum atomic E-state index is 0. The summed E-state index contributed by atoms with van der Waals surface area (Å²) >= 11 is 0. The summed E-state index contributed by atoms with van der Waals surface area (Å²) in [5.74, 6) is 1.12. The standard InChI is InChI=1S/C14H27N3O.CH4/c1-10(2)16(11(3)4)7-8-17-14(18)13(15-17)9-12-5-6-12;/h10-13,15H,5-9H2,1-4H3;1H4. The summed E-state index contributed by atoms with van der Waals surface area (Å²) in [4.78, 5) is 14.3. The smallest absolute Gasteiger partial charge is 0.255 e. The maximum Gasteiger partial charge on any atom is 0.255 e. The van der Waals surface area contributed by atoms with Crippen molar-refractivity contribution in [2.75, 3.05) is 13.1 Å². The molecule has 0 bridgehead atoms. The zero-order valence-electron chi connectivity index (χ0n) is 12.1. The first-order valence-electron chi connectivity index (χ1n) is 7.32. The van der Waals surface area contributed by atoms with E-state index in [-0.39, 0.29) is 13.5 Å². The number of nitrogens with one attached hydrogen (secondary N) is 1. The van der Waals surface area contributed by atoms with Gasteiger partial charge in [0.05, 0.1) is 6.54 Å². The van der Waals surface area contributed by atoms with Gasteiger partial charge in [-0.3, -0.25) is 14.7 Å².